The molecular weight excluding hydrogens is 373 g/mol. The molecule has 2 aromatic rings. The molecule has 1 unspecified atom stereocenters. The van der Waals surface area contributed by atoms with Gasteiger partial charge in [0.1, 0.15) is 18.4 Å². The highest BCUT2D eigenvalue weighted by Gasteiger charge is 2.12. The average molecular weight is 389 g/mol. The zero-order chi connectivity index (χ0) is 17.7. The van der Waals surface area contributed by atoms with Crippen LogP contribution in [0, 0.1) is 0 Å². The van der Waals surface area contributed by atoms with E-state index in [1.165, 1.54) is 0 Å². The standard InChI is InChI=1S/C17H16Cl3NO3/c1-10(17(22)23)21-8-12-6-13(18)4-5-16(12)24-9-11-2-3-14(19)7-15(11)20/h2-7,10,21H,8-9H2,1H3,(H,22,23). The summed E-state index contributed by atoms with van der Waals surface area (Å²) in [5.74, 6) is -0.317. The average Bonchev–Trinajstić information content (AvgIpc) is 2.52. The van der Waals surface area contributed by atoms with Crippen LogP contribution in [0.3, 0.4) is 0 Å². The number of halogens is 3. The van der Waals surface area contributed by atoms with E-state index in [9.17, 15) is 4.79 Å². The number of rotatable bonds is 7. The first kappa shape index (κ1) is 18.9. The molecule has 0 aliphatic carbocycles. The third-order valence-corrected chi connectivity index (χ3v) is 4.21. The molecule has 4 nitrogen and oxygen atoms in total. The topological polar surface area (TPSA) is 58.6 Å². The number of aliphatic carboxylic acids is 1. The summed E-state index contributed by atoms with van der Waals surface area (Å²) in [6.45, 7) is 2.15. The highest BCUT2D eigenvalue weighted by atomic mass is 35.5. The van der Waals surface area contributed by atoms with E-state index in [-0.39, 0.29) is 6.61 Å². The summed E-state index contributed by atoms with van der Waals surface area (Å²) < 4.78 is 5.82. The normalized spacial score (nSPS) is 12.0. The quantitative estimate of drug-likeness (QED) is 0.716. The minimum atomic E-state index is -0.924. The second kappa shape index (κ2) is 8.58. The summed E-state index contributed by atoms with van der Waals surface area (Å²) in [4.78, 5) is 10.9. The molecule has 0 aliphatic rings. The lowest BCUT2D eigenvalue weighted by Gasteiger charge is -2.15. The fourth-order valence-electron chi connectivity index (χ4n) is 1.97. The van der Waals surface area contributed by atoms with Gasteiger partial charge in [0.15, 0.2) is 0 Å². The molecule has 0 radical (unpaired) electrons. The van der Waals surface area contributed by atoms with E-state index in [0.717, 1.165) is 11.1 Å². The second-order valence-corrected chi connectivity index (χ2v) is 6.50. The van der Waals surface area contributed by atoms with Gasteiger partial charge in [0.05, 0.1) is 0 Å². The van der Waals surface area contributed by atoms with Crippen LogP contribution in [0.5, 0.6) is 5.75 Å². The Balaban J connectivity index is 2.10. The van der Waals surface area contributed by atoms with Crippen LogP contribution in [-0.4, -0.2) is 17.1 Å². The molecule has 24 heavy (non-hydrogen) atoms. The summed E-state index contributed by atoms with van der Waals surface area (Å²) in [6, 6.07) is 9.71. The maximum absolute atomic E-state index is 10.9. The SMILES string of the molecule is CC(NCc1cc(Cl)ccc1OCc1ccc(Cl)cc1Cl)C(=O)O. The molecule has 2 N–H and O–H groups in total. The number of ether oxygens (including phenoxy) is 1. The highest BCUT2D eigenvalue weighted by molar-refractivity contribution is 6.35. The van der Waals surface area contributed by atoms with Gasteiger partial charge in [-0.25, -0.2) is 0 Å². The Bertz CT molecular complexity index is 737. The summed E-state index contributed by atoms with van der Waals surface area (Å²) in [5.41, 5.74) is 1.56. The Morgan fingerprint density at radius 3 is 2.46 bits per heavy atom. The molecule has 2 rings (SSSR count). The minimum absolute atomic E-state index is 0.263. The lowest BCUT2D eigenvalue weighted by molar-refractivity contribution is -0.139. The van der Waals surface area contributed by atoms with E-state index in [1.54, 1.807) is 43.3 Å². The van der Waals surface area contributed by atoms with Crippen LogP contribution in [0.15, 0.2) is 36.4 Å². The third-order valence-electron chi connectivity index (χ3n) is 3.39. The number of nitrogens with one attached hydrogen (secondary N) is 1. The molecule has 7 heteroatoms. The van der Waals surface area contributed by atoms with E-state index >= 15 is 0 Å². The predicted molar refractivity (Wildman–Crippen MR) is 96.2 cm³/mol. The number of hydrogen-bond donors (Lipinski definition) is 2. The molecule has 0 spiro atoms. The molecule has 0 aromatic heterocycles. The van der Waals surface area contributed by atoms with E-state index in [0.29, 0.717) is 27.4 Å². The van der Waals surface area contributed by atoms with Crippen molar-refractivity contribution in [3.05, 3.63) is 62.6 Å². The van der Waals surface area contributed by atoms with Crippen molar-refractivity contribution in [1.82, 2.24) is 5.32 Å². The first-order valence-corrected chi connectivity index (χ1v) is 8.31. The molecule has 0 bridgehead atoms. The minimum Gasteiger partial charge on any atom is -0.489 e. The number of carboxylic acid groups (broad SMARTS) is 1. The van der Waals surface area contributed by atoms with Crippen LogP contribution >= 0.6 is 34.8 Å². The summed E-state index contributed by atoms with van der Waals surface area (Å²) >= 11 is 18.0. The fraction of sp³-hybridized carbons (Fsp3) is 0.235. The van der Waals surface area contributed by atoms with E-state index < -0.39 is 12.0 Å². The first-order chi connectivity index (χ1) is 11.4. The van der Waals surface area contributed by atoms with Gasteiger partial charge in [-0.1, -0.05) is 40.9 Å². The number of hydrogen-bond acceptors (Lipinski definition) is 3. The van der Waals surface area contributed by atoms with Gasteiger partial charge >= 0.3 is 5.97 Å². The van der Waals surface area contributed by atoms with Crippen molar-refractivity contribution in [3.8, 4) is 5.75 Å². The molecule has 0 saturated heterocycles. The Labute approximate surface area is 155 Å². The molecule has 128 valence electrons. The van der Waals surface area contributed by atoms with Crippen molar-refractivity contribution >= 4 is 40.8 Å². The molecule has 0 amide bonds. The predicted octanol–water partition coefficient (Wildman–Crippen LogP) is 4.79. The van der Waals surface area contributed by atoms with Crippen molar-refractivity contribution in [1.29, 1.82) is 0 Å². The summed E-state index contributed by atoms with van der Waals surface area (Å²) in [6.07, 6.45) is 0. The summed E-state index contributed by atoms with van der Waals surface area (Å²) in [5, 5.41) is 13.5. The van der Waals surface area contributed by atoms with Crippen molar-refractivity contribution < 1.29 is 14.6 Å². The number of carboxylic acids is 1. The lowest BCUT2D eigenvalue weighted by Crippen LogP contribution is -2.33. The monoisotopic (exact) mass is 387 g/mol. The van der Waals surface area contributed by atoms with Gasteiger partial charge in [0.2, 0.25) is 0 Å². The highest BCUT2D eigenvalue weighted by Crippen LogP contribution is 2.26. The van der Waals surface area contributed by atoms with Gasteiger partial charge in [-0.2, -0.15) is 0 Å². The smallest absolute Gasteiger partial charge is 0.320 e. The Kier molecular flexibility index (Phi) is 6.75. The van der Waals surface area contributed by atoms with Gasteiger partial charge in [-0.05, 0) is 37.3 Å². The molecule has 0 heterocycles. The number of benzene rings is 2. The van der Waals surface area contributed by atoms with Crippen LogP contribution in [-0.2, 0) is 17.9 Å². The van der Waals surface area contributed by atoms with Crippen LogP contribution in [0.1, 0.15) is 18.1 Å². The van der Waals surface area contributed by atoms with Crippen LogP contribution < -0.4 is 10.1 Å². The van der Waals surface area contributed by atoms with Gasteiger partial charge in [0.25, 0.3) is 0 Å². The van der Waals surface area contributed by atoms with E-state index in [2.05, 4.69) is 5.32 Å². The van der Waals surface area contributed by atoms with Crippen LogP contribution in [0.2, 0.25) is 15.1 Å². The number of carbonyl (C=O) groups is 1. The van der Waals surface area contributed by atoms with Gasteiger partial charge in [0, 0.05) is 32.7 Å². The Morgan fingerprint density at radius 2 is 1.79 bits per heavy atom. The van der Waals surface area contributed by atoms with Gasteiger partial charge in [-0.15, -0.1) is 0 Å². The largest absolute Gasteiger partial charge is 0.489 e. The molecular formula is C17H16Cl3NO3. The van der Waals surface area contributed by atoms with Crippen LogP contribution in [0.25, 0.3) is 0 Å². The molecule has 0 fully saturated rings. The molecule has 2 aromatic carbocycles. The fourth-order valence-corrected chi connectivity index (χ4v) is 2.63. The molecule has 1 atom stereocenters. The maximum Gasteiger partial charge on any atom is 0.320 e. The zero-order valence-electron chi connectivity index (χ0n) is 12.9. The van der Waals surface area contributed by atoms with Crippen molar-refractivity contribution in [2.24, 2.45) is 0 Å². The van der Waals surface area contributed by atoms with Crippen molar-refractivity contribution in [2.45, 2.75) is 26.1 Å². The Morgan fingerprint density at radius 1 is 1.12 bits per heavy atom. The first-order valence-electron chi connectivity index (χ1n) is 7.18. The van der Waals surface area contributed by atoms with Crippen molar-refractivity contribution in [2.75, 3.05) is 0 Å². The summed E-state index contributed by atoms with van der Waals surface area (Å²) in [7, 11) is 0. The second-order valence-electron chi connectivity index (χ2n) is 5.22. The maximum atomic E-state index is 10.9. The van der Waals surface area contributed by atoms with Crippen LogP contribution in [0.4, 0.5) is 0 Å². The van der Waals surface area contributed by atoms with Gasteiger partial charge in [-0.3, -0.25) is 4.79 Å². The van der Waals surface area contributed by atoms with Crippen molar-refractivity contribution in [3.63, 3.8) is 0 Å². The van der Waals surface area contributed by atoms with E-state index in [4.69, 9.17) is 44.6 Å². The zero-order valence-corrected chi connectivity index (χ0v) is 15.1. The lowest BCUT2D eigenvalue weighted by atomic mass is 10.2. The molecule has 0 saturated carbocycles. The third kappa shape index (κ3) is 5.28. The molecule has 0 aliphatic heterocycles. The van der Waals surface area contributed by atoms with E-state index in [1.807, 2.05) is 0 Å². The van der Waals surface area contributed by atoms with Gasteiger partial charge < -0.3 is 15.2 Å². The Hall–Kier alpha value is -1.46.